The van der Waals surface area contributed by atoms with Gasteiger partial charge in [-0.2, -0.15) is 0 Å². The second-order valence-electron chi connectivity index (χ2n) is 12.0. The van der Waals surface area contributed by atoms with Gasteiger partial charge in [-0.1, -0.05) is 93.4 Å². The minimum atomic E-state index is 0.221. The standard InChI is InChI=1S/C38H47NO/c1-6-10-33-22-28-16-18-35(27(5)20-28)37-15-9-13-31-23-30(26(3)4)17-19-36(31)38(37)32-14-8-12-29(21-32)25-40-34(11-7-2)24-39-33/h8,12,14,16-21,23,33-34,39H,3,6-7,9-11,13,15,22,24-25H2,1-2,4-5H3/t33?,34-/m0/s1. The highest BCUT2D eigenvalue weighted by Gasteiger charge is 2.23. The average Bonchev–Trinajstić information content (AvgIpc) is 3.13. The minimum absolute atomic E-state index is 0.221. The molecule has 3 aliphatic rings. The Hall–Kier alpha value is -2.94. The van der Waals surface area contributed by atoms with Gasteiger partial charge in [0.1, 0.15) is 0 Å². The monoisotopic (exact) mass is 533 g/mol. The Morgan fingerprint density at radius 2 is 1.75 bits per heavy atom. The van der Waals surface area contributed by atoms with Gasteiger partial charge in [-0.05, 0) is 114 Å². The van der Waals surface area contributed by atoms with Crippen molar-refractivity contribution in [3.05, 3.63) is 112 Å². The molecule has 0 fully saturated rings. The summed E-state index contributed by atoms with van der Waals surface area (Å²) >= 11 is 0. The molecule has 4 bridgehead atoms. The third-order valence-electron chi connectivity index (χ3n) is 8.72. The van der Waals surface area contributed by atoms with Crippen molar-refractivity contribution in [2.24, 2.45) is 0 Å². The van der Waals surface area contributed by atoms with Gasteiger partial charge < -0.3 is 10.1 Å². The number of fused-ring (bicyclic) bond motifs is 9. The summed E-state index contributed by atoms with van der Waals surface area (Å²) in [5.41, 5.74) is 14.8. The van der Waals surface area contributed by atoms with E-state index in [9.17, 15) is 0 Å². The van der Waals surface area contributed by atoms with Crippen molar-refractivity contribution in [3.8, 4) is 0 Å². The predicted molar refractivity (Wildman–Crippen MR) is 172 cm³/mol. The number of ether oxygens (including phenoxy) is 1. The fraction of sp³-hybridized carbons (Fsp3) is 0.421. The molecule has 2 heterocycles. The highest BCUT2D eigenvalue weighted by atomic mass is 16.5. The second kappa shape index (κ2) is 13.1. The first-order valence-corrected chi connectivity index (χ1v) is 15.5. The Kier molecular flexibility index (Phi) is 9.40. The molecule has 0 saturated carbocycles. The van der Waals surface area contributed by atoms with E-state index in [1.165, 1.54) is 68.5 Å². The van der Waals surface area contributed by atoms with Gasteiger partial charge in [-0.3, -0.25) is 0 Å². The minimum Gasteiger partial charge on any atom is -0.372 e. The van der Waals surface area contributed by atoms with Gasteiger partial charge in [-0.25, -0.2) is 0 Å². The lowest BCUT2D eigenvalue weighted by Crippen LogP contribution is -2.38. The van der Waals surface area contributed by atoms with Crippen LogP contribution in [0.2, 0.25) is 0 Å². The molecular formula is C38H47NO. The van der Waals surface area contributed by atoms with E-state index in [1.54, 1.807) is 0 Å². The van der Waals surface area contributed by atoms with Gasteiger partial charge >= 0.3 is 0 Å². The molecule has 0 radical (unpaired) electrons. The number of nitrogens with one attached hydrogen (secondary N) is 1. The van der Waals surface area contributed by atoms with Crippen molar-refractivity contribution in [1.29, 1.82) is 0 Å². The smallest absolute Gasteiger partial charge is 0.0721 e. The largest absolute Gasteiger partial charge is 0.372 e. The average molecular weight is 534 g/mol. The maximum absolute atomic E-state index is 6.57. The van der Waals surface area contributed by atoms with Crippen molar-refractivity contribution in [1.82, 2.24) is 5.32 Å². The Morgan fingerprint density at radius 3 is 2.52 bits per heavy atom. The van der Waals surface area contributed by atoms with Crippen LogP contribution in [-0.2, 0) is 24.2 Å². The zero-order valence-electron chi connectivity index (χ0n) is 25.1. The first kappa shape index (κ1) is 28.6. The van der Waals surface area contributed by atoms with Crippen LogP contribution < -0.4 is 5.32 Å². The van der Waals surface area contributed by atoms with Gasteiger partial charge in [0.2, 0.25) is 0 Å². The summed E-state index contributed by atoms with van der Waals surface area (Å²) in [6.45, 7) is 14.7. The zero-order chi connectivity index (χ0) is 28.1. The van der Waals surface area contributed by atoms with Gasteiger partial charge in [0.15, 0.2) is 0 Å². The van der Waals surface area contributed by atoms with Gasteiger partial charge in [0.05, 0.1) is 12.7 Å². The lowest BCUT2D eigenvalue weighted by molar-refractivity contribution is 0.0328. The zero-order valence-corrected chi connectivity index (χ0v) is 25.1. The van der Waals surface area contributed by atoms with Crippen LogP contribution in [0.15, 0.2) is 67.2 Å². The molecule has 3 aromatic carbocycles. The fourth-order valence-electron chi connectivity index (χ4n) is 6.65. The Morgan fingerprint density at radius 1 is 0.925 bits per heavy atom. The normalized spacial score (nSPS) is 19.6. The number of hydrogen-bond donors (Lipinski definition) is 1. The van der Waals surface area contributed by atoms with E-state index in [4.69, 9.17) is 4.74 Å². The van der Waals surface area contributed by atoms with Crippen molar-refractivity contribution < 1.29 is 4.74 Å². The summed E-state index contributed by atoms with van der Waals surface area (Å²) in [5, 5.41) is 3.89. The molecule has 1 unspecified atom stereocenters. The van der Waals surface area contributed by atoms with Gasteiger partial charge in [-0.15, -0.1) is 0 Å². The molecule has 6 rings (SSSR count). The summed E-state index contributed by atoms with van der Waals surface area (Å²) in [7, 11) is 0. The highest BCUT2D eigenvalue weighted by Crippen LogP contribution is 2.41. The van der Waals surface area contributed by atoms with Crippen LogP contribution in [0.25, 0.3) is 16.7 Å². The molecule has 2 aliphatic heterocycles. The Balaban J connectivity index is 1.69. The first-order valence-electron chi connectivity index (χ1n) is 15.5. The molecule has 1 aliphatic carbocycles. The topological polar surface area (TPSA) is 21.3 Å². The predicted octanol–water partition coefficient (Wildman–Crippen LogP) is 9.32. The fourth-order valence-corrected chi connectivity index (χ4v) is 6.65. The van der Waals surface area contributed by atoms with E-state index in [-0.39, 0.29) is 6.10 Å². The molecule has 3 aromatic rings. The molecule has 0 amide bonds. The third kappa shape index (κ3) is 6.51. The summed E-state index contributed by atoms with van der Waals surface area (Å²) in [6, 6.07) is 23.8. The molecule has 1 N–H and O–H groups in total. The van der Waals surface area contributed by atoms with Crippen LogP contribution in [0.5, 0.6) is 0 Å². The second-order valence-corrected chi connectivity index (χ2v) is 12.0. The summed E-state index contributed by atoms with van der Waals surface area (Å²) in [6.07, 6.45) is 9.17. The molecule has 0 spiro atoms. The van der Waals surface area contributed by atoms with Gasteiger partial charge in [0, 0.05) is 12.6 Å². The van der Waals surface area contributed by atoms with E-state index in [0.29, 0.717) is 12.6 Å². The molecule has 40 heavy (non-hydrogen) atoms. The number of hydrogen-bond acceptors (Lipinski definition) is 2. The van der Waals surface area contributed by atoms with Crippen molar-refractivity contribution >= 4 is 16.7 Å². The van der Waals surface area contributed by atoms with E-state index >= 15 is 0 Å². The number of rotatable bonds is 5. The lowest BCUT2D eigenvalue weighted by Gasteiger charge is -2.25. The maximum Gasteiger partial charge on any atom is 0.0721 e. The van der Waals surface area contributed by atoms with Crippen LogP contribution in [-0.4, -0.2) is 18.7 Å². The number of benzene rings is 3. The highest BCUT2D eigenvalue weighted by molar-refractivity contribution is 6.00. The van der Waals surface area contributed by atoms with Crippen LogP contribution in [0.4, 0.5) is 0 Å². The molecular weight excluding hydrogens is 486 g/mol. The molecule has 2 heteroatoms. The molecule has 0 aromatic heterocycles. The lowest BCUT2D eigenvalue weighted by atomic mass is 9.84. The Bertz CT molecular complexity index is 1380. The molecule has 2 nitrogen and oxygen atoms in total. The maximum atomic E-state index is 6.57. The summed E-state index contributed by atoms with van der Waals surface area (Å²) < 4.78 is 6.57. The van der Waals surface area contributed by atoms with E-state index in [0.717, 1.165) is 50.6 Å². The van der Waals surface area contributed by atoms with Crippen LogP contribution in [0, 0.1) is 6.92 Å². The van der Waals surface area contributed by atoms with Crippen LogP contribution in [0.3, 0.4) is 0 Å². The number of allylic oxidation sites excluding steroid dienone is 2. The molecule has 0 saturated heterocycles. The summed E-state index contributed by atoms with van der Waals surface area (Å²) in [5.74, 6) is 0. The first-order chi connectivity index (χ1) is 19.5. The van der Waals surface area contributed by atoms with Crippen LogP contribution in [0.1, 0.15) is 104 Å². The molecule has 210 valence electrons. The van der Waals surface area contributed by atoms with Crippen LogP contribution >= 0.6 is 0 Å². The van der Waals surface area contributed by atoms with E-state index in [1.807, 2.05) is 0 Å². The van der Waals surface area contributed by atoms with E-state index in [2.05, 4.69) is 100 Å². The van der Waals surface area contributed by atoms with E-state index < -0.39 is 0 Å². The van der Waals surface area contributed by atoms with Gasteiger partial charge in [0.25, 0.3) is 0 Å². The quantitative estimate of drug-likeness (QED) is 0.353. The van der Waals surface area contributed by atoms with Crippen molar-refractivity contribution in [2.75, 3.05) is 6.54 Å². The SMILES string of the molecule is C=C(C)c1ccc2c(c1)CCCC1=C2c2cccc(c2)CO[C@@H](CCC)CNC(CCC)Cc2ccc1c(C)c2. The molecule has 2 atom stereocenters. The van der Waals surface area contributed by atoms with Crippen molar-refractivity contribution in [2.45, 2.75) is 97.8 Å². The van der Waals surface area contributed by atoms with Crippen molar-refractivity contribution in [3.63, 3.8) is 0 Å². The summed E-state index contributed by atoms with van der Waals surface area (Å²) in [4.78, 5) is 0. The Labute approximate surface area is 242 Å². The number of aryl methyl sites for hydroxylation is 2. The third-order valence-corrected chi connectivity index (χ3v) is 8.72.